The molecule has 7 nitrogen and oxygen atoms in total. The summed E-state index contributed by atoms with van der Waals surface area (Å²) in [4.78, 5) is 27.2. The van der Waals surface area contributed by atoms with Crippen LogP contribution in [-0.4, -0.2) is 46.1 Å². The number of para-hydroxylation sites is 1. The third kappa shape index (κ3) is 5.62. The molecule has 2 N–H and O–H groups in total. The summed E-state index contributed by atoms with van der Waals surface area (Å²) in [6.45, 7) is 0.998. The number of nitrogens with one attached hydrogen (secondary N) is 2. The van der Waals surface area contributed by atoms with Gasteiger partial charge in [-0.1, -0.05) is 43.2 Å². The molecule has 2 saturated carbocycles. The highest BCUT2D eigenvalue weighted by molar-refractivity contribution is 5.94. The molecule has 0 unspecified atom stereocenters. The van der Waals surface area contributed by atoms with E-state index in [2.05, 4.69) is 21.6 Å². The van der Waals surface area contributed by atoms with E-state index in [4.69, 9.17) is 5.10 Å². The summed E-state index contributed by atoms with van der Waals surface area (Å²) in [6, 6.07) is 20.1. The van der Waals surface area contributed by atoms with E-state index in [1.807, 2.05) is 59.3 Å². The second-order valence-corrected chi connectivity index (χ2v) is 9.64. The predicted molar refractivity (Wildman–Crippen MR) is 137 cm³/mol. The fourth-order valence-electron chi connectivity index (χ4n) is 4.94. The van der Waals surface area contributed by atoms with Gasteiger partial charge in [-0.05, 0) is 55.5 Å². The lowest BCUT2D eigenvalue weighted by molar-refractivity contribution is -0.117. The number of hydrogen-bond acceptors (Lipinski definition) is 4. The van der Waals surface area contributed by atoms with Crippen molar-refractivity contribution < 1.29 is 9.59 Å². The van der Waals surface area contributed by atoms with Crippen LogP contribution in [0.3, 0.4) is 0 Å². The van der Waals surface area contributed by atoms with Crippen LogP contribution in [0.25, 0.3) is 5.69 Å². The molecule has 182 valence electrons. The highest BCUT2D eigenvalue weighted by atomic mass is 16.2. The first-order valence-electron chi connectivity index (χ1n) is 12.6. The molecule has 0 spiro atoms. The zero-order valence-corrected chi connectivity index (χ0v) is 20.2. The summed E-state index contributed by atoms with van der Waals surface area (Å²) in [7, 11) is 1.63. The molecule has 2 amide bonds. The molecule has 2 fully saturated rings. The number of amides is 2. The fraction of sp³-hybridized carbons (Fsp3) is 0.393. The molecule has 7 heteroatoms. The van der Waals surface area contributed by atoms with Gasteiger partial charge in [0.25, 0.3) is 5.91 Å². The number of hydrogen-bond donors (Lipinski definition) is 2. The molecule has 0 aliphatic heterocycles. The Bertz CT molecular complexity index is 1160. The van der Waals surface area contributed by atoms with Crippen molar-refractivity contribution in [3.8, 4) is 5.69 Å². The summed E-state index contributed by atoms with van der Waals surface area (Å²) >= 11 is 0. The minimum absolute atomic E-state index is 0.0334. The second kappa shape index (κ2) is 10.4. The highest BCUT2D eigenvalue weighted by Gasteiger charge is 2.31. The summed E-state index contributed by atoms with van der Waals surface area (Å²) in [6.07, 6.45) is 7.02. The molecule has 1 heterocycles. The summed E-state index contributed by atoms with van der Waals surface area (Å²) in [5, 5.41) is 10.7. The van der Waals surface area contributed by atoms with E-state index in [0.717, 1.165) is 48.4 Å². The van der Waals surface area contributed by atoms with Gasteiger partial charge >= 0.3 is 0 Å². The van der Waals surface area contributed by atoms with Gasteiger partial charge < -0.3 is 10.6 Å². The van der Waals surface area contributed by atoms with Gasteiger partial charge in [-0.3, -0.25) is 14.5 Å². The number of anilines is 1. The van der Waals surface area contributed by atoms with Crippen LogP contribution in [0.2, 0.25) is 0 Å². The molecular formula is C28H33N5O2. The molecule has 2 aliphatic rings. The first-order chi connectivity index (χ1) is 17.1. The Labute approximate surface area is 206 Å². The lowest BCUT2D eigenvalue weighted by Crippen LogP contribution is -2.35. The number of carbonyl (C=O) groups excluding carboxylic acids is 2. The van der Waals surface area contributed by atoms with E-state index in [0.29, 0.717) is 30.6 Å². The Hall–Kier alpha value is -3.45. The van der Waals surface area contributed by atoms with Gasteiger partial charge in [0.05, 0.1) is 17.9 Å². The summed E-state index contributed by atoms with van der Waals surface area (Å²) in [5.74, 6) is 1.07. The van der Waals surface area contributed by atoms with Gasteiger partial charge in [0.15, 0.2) is 0 Å². The van der Waals surface area contributed by atoms with Crippen LogP contribution >= 0.6 is 0 Å². The van der Waals surface area contributed by atoms with Gasteiger partial charge in [-0.25, -0.2) is 4.68 Å². The maximum absolute atomic E-state index is 13.2. The minimum Gasteiger partial charge on any atom is -0.355 e. The monoisotopic (exact) mass is 471 g/mol. The van der Waals surface area contributed by atoms with Crippen LogP contribution in [0.1, 0.15) is 66.1 Å². The van der Waals surface area contributed by atoms with Crippen LogP contribution in [0.4, 0.5) is 5.82 Å². The van der Waals surface area contributed by atoms with Crippen molar-refractivity contribution in [3.63, 3.8) is 0 Å². The van der Waals surface area contributed by atoms with Gasteiger partial charge in [0.2, 0.25) is 5.91 Å². The molecule has 5 rings (SSSR count). The van der Waals surface area contributed by atoms with Crippen LogP contribution in [0.5, 0.6) is 0 Å². The van der Waals surface area contributed by atoms with Gasteiger partial charge in [0.1, 0.15) is 5.82 Å². The average Bonchev–Trinajstić information content (AvgIpc) is 3.42. The Balaban J connectivity index is 1.30. The SMILES string of the molecule is CNC(=O)c1ccc(CN(CC(=O)Nc2cc(C3CCCC3)nn2-c2ccccc2)C2CC2)cc1. The molecule has 35 heavy (non-hydrogen) atoms. The molecule has 0 saturated heterocycles. The Morgan fingerprint density at radius 3 is 2.37 bits per heavy atom. The van der Waals surface area contributed by atoms with Crippen LogP contribution < -0.4 is 10.6 Å². The highest BCUT2D eigenvalue weighted by Crippen LogP contribution is 2.35. The van der Waals surface area contributed by atoms with E-state index in [9.17, 15) is 9.59 Å². The molecule has 0 bridgehead atoms. The maximum atomic E-state index is 13.2. The smallest absolute Gasteiger partial charge is 0.251 e. The van der Waals surface area contributed by atoms with E-state index in [1.165, 1.54) is 12.8 Å². The predicted octanol–water partition coefficient (Wildman–Crippen LogP) is 4.49. The van der Waals surface area contributed by atoms with Crippen molar-refractivity contribution >= 4 is 17.6 Å². The maximum Gasteiger partial charge on any atom is 0.251 e. The molecule has 0 atom stereocenters. The van der Waals surface area contributed by atoms with Crippen molar-refractivity contribution in [1.29, 1.82) is 0 Å². The largest absolute Gasteiger partial charge is 0.355 e. The van der Waals surface area contributed by atoms with E-state index < -0.39 is 0 Å². The van der Waals surface area contributed by atoms with Crippen molar-refractivity contribution in [1.82, 2.24) is 20.0 Å². The molecule has 3 aromatic rings. The molecule has 1 aromatic heterocycles. The molecule has 2 aliphatic carbocycles. The van der Waals surface area contributed by atoms with Crippen LogP contribution in [-0.2, 0) is 11.3 Å². The summed E-state index contributed by atoms with van der Waals surface area (Å²) < 4.78 is 1.87. The first kappa shape index (κ1) is 23.3. The van der Waals surface area contributed by atoms with E-state index in [-0.39, 0.29) is 11.8 Å². The lowest BCUT2D eigenvalue weighted by Gasteiger charge is -2.21. The zero-order valence-electron chi connectivity index (χ0n) is 20.2. The number of carbonyl (C=O) groups is 2. The van der Waals surface area contributed by atoms with Crippen LogP contribution in [0.15, 0.2) is 60.7 Å². The van der Waals surface area contributed by atoms with Crippen molar-refractivity contribution in [2.24, 2.45) is 0 Å². The quantitative estimate of drug-likeness (QED) is 0.482. The third-order valence-corrected chi connectivity index (χ3v) is 7.01. The lowest BCUT2D eigenvalue weighted by atomic mass is 10.0. The standard InChI is InChI=1S/C28H33N5O2/c1-29-28(35)22-13-11-20(12-14-22)18-32(23-15-16-23)19-27(34)30-26-17-25(21-7-5-6-8-21)31-33(26)24-9-3-2-4-10-24/h2-4,9-14,17,21,23H,5-8,15-16,18-19H2,1H3,(H,29,35)(H,30,34). The second-order valence-electron chi connectivity index (χ2n) is 9.64. The Kier molecular flexibility index (Phi) is 6.95. The van der Waals surface area contributed by atoms with Crippen molar-refractivity contribution in [2.45, 2.75) is 57.0 Å². The molecule has 2 aromatic carbocycles. The van der Waals surface area contributed by atoms with Crippen LogP contribution in [0, 0.1) is 0 Å². The first-order valence-corrected chi connectivity index (χ1v) is 12.6. The number of benzene rings is 2. The Morgan fingerprint density at radius 2 is 1.71 bits per heavy atom. The third-order valence-electron chi connectivity index (χ3n) is 7.01. The van der Waals surface area contributed by atoms with E-state index in [1.54, 1.807) is 7.05 Å². The zero-order chi connectivity index (χ0) is 24.2. The average molecular weight is 472 g/mol. The molecular weight excluding hydrogens is 438 g/mol. The topological polar surface area (TPSA) is 79.3 Å². The van der Waals surface area contributed by atoms with Crippen molar-refractivity contribution in [3.05, 3.63) is 77.5 Å². The minimum atomic E-state index is -0.0954. The summed E-state index contributed by atoms with van der Waals surface area (Å²) in [5.41, 5.74) is 3.74. The Morgan fingerprint density at radius 1 is 1.00 bits per heavy atom. The van der Waals surface area contributed by atoms with E-state index >= 15 is 0 Å². The van der Waals surface area contributed by atoms with Gasteiger partial charge in [0, 0.05) is 37.2 Å². The number of rotatable bonds is 9. The fourth-order valence-corrected chi connectivity index (χ4v) is 4.94. The van der Waals surface area contributed by atoms with Gasteiger partial charge in [-0.15, -0.1) is 0 Å². The van der Waals surface area contributed by atoms with Crippen molar-refractivity contribution in [2.75, 3.05) is 18.9 Å². The number of aromatic nitrogens is 2. The normalized spacial score (nSPS) is 15.9. The molecule has 0 radical (unpaired) electrons. The van der Waals surface area contributed by atoms with Gasteiger partial charge in [-0.2, -0.15) is 5.10 Å². The number of nitrogens with zero attached hydrogens (tertiary/aromatic N) is 3.